The van der Waals surface area contributed by atoms with Crippen LogP contribution in [0.3, 0.4) is 0 Å². The first kappa shape index (κ1) is 17.8. The summed E-state index contributed by atoms with van der Waals surface area (Å²) in [6, 6.07) is 5.09. The average Bonchev–Trinajstić information content (AvgIpc) is 2.73. The quantitative estimate of drug-likeness (QED) is 0.861. The van der Waals surface area contributed by atoms with Gasteiger partial charge in [-0.25, -0.2) is 0 Å². The molecule has 3 aliphatic rings. The van der Waals surface area contributed by atoms with Crippen LogP contribution in [0.1, 0.15) is 42.5 Å². The first-order valence-corrected chi connectivity index (χ1v) is 9.76. The molecule has 0 atom stereocenters. The number of amides is 3. The Morgan fingerprint density at radius 1 is 1.00 bits per heavy atom. The van der Waals surface area contributed by atoms with E-state index in [1.807, 2.05) is 4.90 Å². The summed E-state index contributed by atoms with van der Waals surface area (Å²) in [5.74, 6) is 0.707. The molecule has 7 nitrogen and oxygen atoms in total. The highest BCUT2D eigenvalue weighted by Crippen LogP contribution is 2.29. The van der Waals surface area contributed by atoms with Crippen LogP contribution in [0.25, 0.3) is 0 Å². The van der Waals surface area contributed by atoms with Crippen LogP contribution >= 0.6 is 0 Å². The normalized spacial score (nSPS) is 20.5. The molecule has 2 aliphatic heterocycles. The second-order valence-corrected chi connectivity index (χ2v) is 7.50. The van der Waals surface area contributed by atoms with Crippen molar-refractivity contribution in [2.75, 3.05) is 38.1 Å². The van der Waals surface area contributed by atoms with E-state index in [9.17, 15) is 14.4 Å². The topological polar surface area (TPSA) is 79.0 Å². The molecule has 3 amide bonds. The third-order valence-electron chi connectivity index (χ3n) is 5.69. The lowest BCUT2D eigenvalue weighted by molar-refractivity contribution is -0.138. The molecule has 1 aromatic rings. The van der Waals surface area contributed by atoms with Gasteiger partial charge in [-0.2, -0.15) is 0 Å². The zero-order valence-corrected chi connectivity index (χ0v) is 15.4. The number of anilines is 1. The van der Waals surface area contributed by atoms with Crippen molar-refractivity contribution < 1.29 is 19.1 Å². The SMILES string of the molecule is O=C1COc2ccc(C(=O)N3CCN(C(=O)C4CCCCC4)CC3)cc2N1. The molecule has 1 aliphatic carbocycles. The van der Waals surface area contributed by atoms with E-state index in [0.29, 0.717) is 43.2 Å². The summed E-state index contributed by atoms with van der Waals surface area (Å²) < 4.78 is 5.33. The van der Waals surface area contributed by atoms with Gasteiger partial charge in [0, 0.05) is 37.7 Å². The summed E-state index contributed by atoms with van der Waals surface area (Å²) in [4.78, 5) is 40.6. The van der Waals surface area contributed by atoms with Crippen LogP contribution in [0.4, 0.5) is 5.69 Å². The fraction of sp³-hybridized carbons (Fsp3) is 0.550. The number of fused-ring (bicyclic) bond motifs is 1. The smallest absolute Gasteiger partial charge is 0.262 e. The van der Waals surface area contributed by atoms with Gasteiger partial charge in [-0.05, 0) is 31.0 Å². The minimum absolute atomic E-state index is 0.00270. The molecule has 0 spiro atoms. The largest absolute Gasteiger partial charge is 0.482 e. The fourth-order valence-electron chi connectivity index (χ4n) is 4.14. The molecule has 144 valence electrons. The number of rotatable bonds is 2. The van der Waals surface area contributed by atoms with Crippen molar-refractivity contribution in [3.63, 3.8) is 0 Å². The number of carbonyl (C=O) groups is 3. The molecule has 2 fully saturated rings. The Morgan fingerprint density at radius 3 is 2.44 bits per heavy atom. The van der Waals surface area contributed by atoms with E-state index in [2.05, 4.69) is 5.32 Å². The van der Waals surface area contributed by atoms with Gasteiger partial charge in [0.15, 0.2) is 6.61 Å². The van der Waals surface area contributed by atoms with Gasteiger partial charge in [0.1, 0.15) is 5.75 Å². The number of hydrogen-bond acceptors (Lipinski definition) is 4. The van der Waals surface area contributed by atoms with E-state index < -0.39 is 0 Å². The molecule has 7 heteroatoms. The van der Waals surface area contributed by atoms with E-state index in [1.165, 1.54) is 6.42 Å². The maximum Gasteiger partial charge on any atom is 0.262 e. The number of hydrogen-bond donors (Lipinski definition) is 1. The van der Waals surface area contributed by atoms with Crippen molar-refractivity contribution in [3.8, 4) is 5.75 Å². The van der Waals surface area contributed by atoms with Crippen molar-refractivity contribution in [2.24, 2.45) is 5.92 Å². The summed E-state index contributed by atoms with van der Waals surface area (Å²) in [6.07, 6.45) is 5.53. The van der Waals surface area contributed by atoms with Crippen LogP contribution in [0.2, 0.25) is 0 Å². The van der Waals surface area contributed by atoms with Crippen LogP contribution in [-0.4, -0.2) is 60.3 Å². The number of nitrogens with zero attached hydrogens (tertiary/aromatic N) is 2. The highest BCUT2D eigenvalue weighted by Gasteiger charge is 2.30. The second-order valence-electron chi connectivity index (χ2n) is 7.50. The molecule has 0 aromatic heterocycles. The maximum atomic E-state index is 12.8. The lowest BCUT2D eigenvalue weighted by Crippen LogP contribution is -2.52. The molecule has 0 radical (unpaired) electrons. The Balaban J connectivity index is 1.36. The minimum atomic E-state index is -0.220. The second kappa shape index (κ2) is 7.58. The highest BCUT2D eigenvalue weighted by molar-refractivity contribution is 6.00. The zero-order chi connectivity index (χ0) is 18.8. The molecule has 27 heavy (non-hydrogen) atoms. The van der Waals surface area contributed by atoms with Crippen molar-refractivity contribution in [3.05, 3.63) is 23.8 Å². The zero-order valence-electron chi connectivity index (χ0n) is 15.4. The third-order valence-corrected chi connectivity index (χ3v) is 5.69. The van der Waals surface area contributed by atoms with Crippen LogP contribution in [0, 0.1) is 5.92 Å². The summed E-state index contributed by atoms with van der Waals surface area (Å²) >= 11 is 0. The monoisotopic (exact) mass is 371 g/mol. The lowest BCUT2D eigenvalue weighted by atomic mass is 9.88. The number of ether oxygens (including phenoxy) is 1. The maximum absolute atomic E-state index is 12.8. The van der Waals surface area contributed by atoms with Gasteiger partial charge in [0.05, 0.1) is 5.69 Å². The lowest BCUT2D eigenvalue weighted by Gasteiger charge is -2.37. The highest BCUT2D eigenvalue weighted by atomic mass is 16.5. The molecular formula is C20H25N3O4. The van der Waals surface area contributed by atoms with Gasteiger partial charge < -0.3 is 19.9 Å². The predicted octanol–water partition coefficient (Wildman–Crippen LogP) is 1.88. The van der Waals surface area contributed by atoms with Gasteiger partial charge in [0.2, 0.25) is 5.91 Å². The van der Waals surface area contributed by atoms with Gasteiger partial charge >= 0.3 is 0 Å². The van der Waals surface area contributed by atoms with Crippen LogP contribution in [0.5, 0.6) is 5.75 Å². The summed E-state index contributed by atoms with van der Waals surface area (Å²) in [5.41, 5.74) is 1.05. The number of piperazine rings is 1. The van der Waals surface area contributed by atoms with Crippen molar-refractivity contribution in [1.82, 2.24) is 9.80 Å². The van der Waals surface area contributed by atoms with Crippen molar-refractivity contribution in [2.45, 2.75) is 32.1 Å². The molecule has 0 unspecified atom stereocenters. The molecule has 0 bridgehead atoms. The first-order valence-electron chi connectivity index (χ1n) is 9.76. The molecular weight excluding hydrogens is 346 g/mol. The van der Waals surface area contributed by atoms with Crippen LogP contribution in [-0.2, 0) is 9.59 Å². The standard InChI is InChI=1S/C20H25N3O4/c24-18-13-27-17-7-6-15(12-16(17)21-18)20(26)23-10-8-22(9-11-23)19(25)14-4-2-1-3-5-14/h6-7,12,14H,1-5,8-11,13H2,(H,21,24). The Labute approximate surface area is 158 Å². The van der Waals surface area contributed by atoms with E-state index in [-0.39, 0.29) is 30.2 Å². The fourth-order valence-corrected chi connectivity index (χ4v) is 4.14. The molecule has 1 saturated heterocycles. The van der Waals surface area contributed by atoms with Crippen LogP contribution < -0.4 is 10.1 Å². The van der Waals surface area contributed by atoms with E-state index >= 15 is 0 Å². The molecule has 1 aromatic carbocycles. The Kier molecular flexibility index (Phi) is 5.01. The van der Waals surface area contributed by atoms with E-state index in [1.54, 1.807) is 23.1 Å². The predicted molar refractivity (Wildman–Crippen MR) is 99.6 cm³/mol. The van der Waals surface area contributed by atoms with E-state index in [4.69, 9.17) is 4.74 Å². The third kappa shape index (κ3) is 3.77. The van der Waals surface area contributed by atoms with Crippen molar-refractivity contribution >= 4 is 23.4 Å². The van der Waals surface area contributed by atoms with E-state index in [0.717, 1.165) is 25.7 Å². The Morgan fingerprint density at radius 2 is 1.70 bits per heavy atom. The van der Waals surface area contributed by atoms with Gasteiger partial charge in [-0.3, -0.25) is 14.4 Å². The Bertz CT molecular complexity index is 750. The molecule has 4 rings (SSSR count). The molecule has 2 heterocycles. The van der Waals surface area contributed by atoms with Crippen molar-refractivity contribution in [1.29, 1.82) is 0 Å². The summed E-state index contributed by atoms with van der Waals surface area (Å²) in [7, 11) is 0. The van der Waals surface area contributed by atoms with Gasteiger partial charge in [-0.15, -0.1) is 0 Å². The average molecular weight is 371 g/mol. The number of benzene rings is 1. The molecule has 1 N–H and O–H groups in total. The summed E-state index contributed by atoms with van der Waals surface area (Å²) in [6.45, 7) is 2.25. The number of carbonyl (C=O) groups excluding carboxylic acids is 3. The first-order chi connectivity index (χ1) is 13.1. The number of nitrogens with one attached hydrogen (secondary N) is 1. The van der Waals surface area contributed by atoms with Gasteiger partial charge in [0.25, 0.3) is 11.8 Å². The van der Waals surface area contributed by atoms with Gasteiger partial charge in [-0.1, -0.05) is 19.3 Å². The minimum Gasteiger partial charge on any atom is -0.482 e. The summed E-state index contributed by atoms with van der Waals surface area (Å²) in [5, 5.41) is 2.73. The molecule has 1 saturated carbocycles. The Hall–Kier alpha value is -2.57. The van der Waals surface area contributed by atoms with Crippen LogP contribution in [0.15, 0.2) is 18.2 Å².